The van der Waals surface area contributed by atoms with Crippen molar-refractivity contribution in [2.24, 2.45) is 0 Å². The van der Waals surface area contributed by atoms with E-state index in [0.717, 1.165) is 24.5 Å². The summed E-state index contributed by atoms with van der Waals surface area (Å²) in [5, 5.41) is 4.91. The first-order valence-corrected chi connectivity index (χ1v) is 9.10. The summed E-state index contributed by atoms with van der Waals surface area (Å²) >= 11 is 1.89. The van der Waals surface area contributed by atoms with Crippen LogP contribution in [0.5, 0.6) is 5.75 Å². The van der Waals surface area contributed by atoms with E-state index >= 15 is 0 Å². The Hall–Kier alpha value is -1.94. The maximum atomic E-state index is 6.29. The lowest BCUT2D eigenvalue weighted by atomic mass is 9.91. The van der Waals surface area contributed by atoms with Gasteiger partial charge in [-0.25, -0.2) is 9.89 Å². The van der Waals surface area contributed by atoms with Crippen LogP contribution in [0.15, 0.2) is 48.5 Å². The van der Waals surface area contributed by atoms with Crippen LogP contribution >= 0.6 is 11.8 Å². The monoisotopic (exact) mass is 323 g/mol. The number of benzene rings is 2. The highest BCUT2D eigenvalue weighted by Gasteiger charge is 2.50. The molecule has 2 atom stereocenters. The molecule has 0 saturated carbocycles. The number of hydrogen-bond donors (Lipinski definition) is 1. The van der Waals surface area contributed by atoms with Gasteiger partial charge in [-0.1, -0.05) is 42.5 Å². The molecule has 2 aromatic rings. The van der Waals surface area contributed by atoms with Crippen LogP contribution in [0.3, 0.4) is 0 Å². The van der Waals surface area contributed by atoms with Crippen LogP contribution in [0.2, 0.25) is 0 Å². The molecule has 3 heterocycles. The highest BCUT2D eigenvalue weighted by atomic mass is 32.2. The topological polar surface area (TPSA) is 24.3 Å². The third-order valence-electron chi connectivity index (χ3n) is 5.03. The molecule has 0 unspecified atom stereocenters. The number of amidine groups is 1. The minimum atomic E-state index is -0.311. The molecule has 116 valence electrons. The maximum absolute atomic E-state index is 6.29. The first-order chi connectivity index (χ1) is 11.2. The second-order valence-corrected chi connectivity index (χ2v) is 7.67. The Morgan fingerprint density at radius 3 is 2.83 bits per heavy atom. The fourth-order valence-electron chi connectivity index (χ4n) is 3.89. The molecule has 5 rings (SSSR count). The van der Waals surface area contributed by atoms with E-state index in [1.165, 1.54) is 21.9 Å². The molecular weight excluding hydrogens is 304 g/mol. The van der Waals surface area contributed by atoms with Crippen molar-refractivity contribution >= 4 is 16.9 Å². The smallest absolute Gasteiger partial charge is 0.310 e. The SMILES string of the molecule is C[C@@]12C[C@@H](c3ccccc3O1)[N+]1=C(N2)SCc2ccccc2C1. The first kappa shape index (κ1) is 13.5. The van der Waals surface area contributed by atoms with Crippen molar-refractivity contribution in [3.63, 3.8) is 0 Å². The largest absolute Gasteiger partial charge is 0.450 e. The number of ether oxygens (including phenoxy) is 1. The van der Waals surface area contributed by atoms with Gasteiger partial charge in [0.05, 0.1) is 6.42 Å². The maximum Gasteiger partial charge on any atom is 0.310 e. The van der Waals surface area contributed by atoms with Gasteiger partial charge in [-0.2, -0.15) is 0 Å². The lowest BCUT2D eigenvalue weighted by Gasteiger charge is -2.41. The summed E-state index contributed by atoms with van der Waals surface area (Å²) in [6, 6.07) is 17.6. The average Bonchev–Trinajstić information content (AvgIpc) is 2.74. The van der Waals surface area contributed by atoms with Gasteiger partial charge in [-0.15, -0.1) is 0 Å². The van der Waals surface area contributed by atoms with Gasteiger partial charge in [-0.3, -0.25) is 0 Å². The molecule has 2 aromatic carbocycles. The predicted octanol–water partition coefficient (Wildman–Crippen LogP) is 3.65. The van der Waals surface area contributed by atoms with Crippen molar-refractivity contribution in [3.8, 4) is 5.75 Å². The van der Waals surface area contributed by atoms with Gasteiger partial charge in [-0.05, 0) is 29.0 Å². The number of nitrogens with one attached hydrogen (secondary N) is 1. The summed E-state index contributed by atoms with van der Waals surface area (Å²) in [4.78, 5) is 0. The number of rotatable bonds is 0. The predicted molar refractivity (Wildman–Crippen MR) is 92.7 cm³/mol. The Labute approximate surface area is 140 Å². The molecule has 0 amide bonds. The Morgan fingerprint density at radius 1 is 1.13 bits per heavy atom. The van der Waals surface area contributed by atoms with Crippen LogP contribution in [0.1, 0.15) is 36.1 Å². The number of hydrogen-bond acceptors (Lipinski definition) is 3. The summed E-state index contributed by atoms with van der Waals surface area (Å²) in [5.74, 6) is 2.03. The van der Waals surface area contributed by atoms with Crippen molar-refractivity contribution in [3.05, 3.63) is 65.2 Å². The molecule has 3 nitrogen and oxygen atoms in total. The molecule has 0 aromatic heterocycles. The summed E-state index contributed by atoms with van der Waals surface area (Å²) in [5.41, 5.74) is 3.87. The van der Waals surface area contributed by atoms with E-state index in [0.29, 0.717) is 6.04 Å². The number of fused-ring (bicyclic) bond motifs is 6. The Kier molecular flexibility index (Phi) is 2.80. The summed E-state index contributed by atoms with van der Waals surface area (Å²) in [6.07, 6.45) is 0.968. The molecule has 23 heavy (non-hydrogen) atoms. The molecule has 0 fully saturated rings. The van der Waals surface area contributed by atoms with Crippen LogP contribution in [-0.4, -0.2) is 15.5 Å². The molecule has 0 aliphatic carbocycles. The number of thioether (sulfide) groups is 1. The van der Waals surface area contributed by atoms with Crippen LogP contribution in [0, 0.1) is 0 Å². The third kappa shape index (κ3) is 2.08. The molecule has 2 bridgehead atoms. The zero-order valence-corrected chi connectivity index (χ0v) is 13.9. The Balaban J connectivity index is 1.66. The second-order valence-electron chi connectivity index (χ2n) is 6.71. The zero-order chi connectivity index (χ0) is 15.4. The van der Waals surface area contributed by atoms with Crippen molar-refractivity contribution in [1.82, 2.24) is 5.32 Å². The van der Waals surface area contributed by atoms with E-state index < -0.39 is 0 Å². The van der Waals surface area contributed by atoms with Crippen LogP contribution in [0.25, 0.3) is 0 Å². The van der Waals surface area contributed by atoms with E-state index in [9.17, 15) is 0 Å². The highest BCUT2D eigenvalue weighted by Crippen LogP contribution is 2.44. The molecule has 1 N–H and O–H groups in total. The first-order valence-electron chi connectivity index (χ1n) is 8.11. The van der Waals surface area contributed by atoms with Gasteiger partial charge < -0.3 is 4.74 Å². The molecule has 4 heteroatoms. The second kappa shape index (κ2) is 4.78. The Morgan fingerprint density at radius 2 is 1.91 bits per heavy atom. The average molecular weight is 323 g/mol. The highest BCUT2D eigenvalue weighted by molar-refractivity contribution is 8.12. The van der Waals surface area contributed by atoms with E-state index in [4.69, 9.17) is 4.74 Å². The van der Waals surface area contributed by atoms with Crippen LogP contribution in [-0.2, 0) is 12.3 Å². The van der Waals surface area contributed by atoms with Crippen molar-refractivity contribution in [1.29, 1.82) is 0 Å². The molecular formula is C19H19N2OS+. The number of nitrogens with zero attached hydrogens (tertiary/aromatic N) is 1. The standard InChI is InChI=1S/C19H18N2OS/c1-19-10-16(15-8-4-5-9-17(15)22-19)21-11-13-6-2-3-7-14(13)12-23-18(21)20-19/h2-9,16H,10-12H2,1H3/p+1/t16-,19-/m0/s1. The van der Waals surface area contributed by atoms with Gasteiger partial charge in [0.25, 0.3) is 0 Å². The Bertz CT molecular complexity index is 832. The van der Waals surface area contributed by atoms with Crippen molar-refractivity contribution in [2.75, 3.05) is 0 Å². The molecule has 3 aliphatic heterocycles. The van der Waals surface area contributed by atoms with Gasteiger partial charge in [0, 0.05) is 18.2 Å². The van der Waals surface area contributed by atoms with Crippen molar-refractivity contribution in [2.45, 2.75) is 37.4 Å². The molecule has 0 saturated heterocycles. The molecule has 0 radical (unpaired) electrons. The lowest BCUT2D eigenvalue weighted by Crippen LogP contribution is -2.59. The minimum Gasteiger partial charge on any atom is -0.450 e. The van der Waals surface area contributed by atoms with Gasteiger partial charge >= 0.3 is 5.17 Å². The lowest BCUT2D eigenvalue weighted by molar-refractivity contribution is -0.598. The van der Waals surface area contributed by atoms with Gasteiger partial charge in [0.1, 0.15) is 18.3 Å². The van der Waals surface area contributed by atoms with Gasteiger partial charge in [0.15, 0.2) is 0 Å². The summed E-state index contributed by atoms with van der Waals surface area (Å²) < 4.78 is 8.81. The molecule has 3 aliphatic rings. The fourth-order valence-corrected chi connectivity index (χ4v) is 5.11. The summed E-state index contributed by atoms with van der Waals surface area (Å²) in [7, 11) is 0. The van der Waals surface area contributed by atoms with Crippen LogP contribution in [0.4, 0.5) is 0 Å². The van der Waals surface area contributed by atoms with E-state index in [-0.39, 0.29) is 5.72 Å². The zero-order valence-electron chi connectivity index (χ0n) is 13.1. The van der Waals surface area contributed by atoms with E-state index in [1.807, 2.05) is 11.8 Å². The van der Waals surface area contributed by atoms with Gasteiger partial charge in [0.2, 0.25) is 5.72 Å². The fraction of sp³-hybridized carbons (Fsp3) is 0.316. The van der Waals surface area contributed by atoms with Crippen molar-refractivity contribution < 1.29 is 9.31 Å². The van der Waals surface area contributed by atoms with Crippen LogP contribution < -0.4 is 10.1 Å². The normalized spacial score (nSPS) is 27.8. The van der Waals surface area contributed by atoms with E-state index in [1.54, 1.807) is 0 Å². The number of para-hydroxylation sites is 1. The quantitative estimate of drug-likeness (QED) is 0.749. The minimum absolute atomic E-state index is 0.311. The molecule has 0 spiro atoms. The summed E-state index contributed by atoms with van der Waals surface area (Å²) in [6.45, 7) is 3.12. The van der Waals surface area contributed by atoms with E-state index in [2.05, 4.69) is 65.3 Å². The third-order valence-corrected chi connectivity index (χ3v) is 6.09.